The highest BCUT2D eigenvalue weighted by Crippen LogP contribution is 2.13. The highest BCUT2D eigenvalue weighted by Gasteiger charge is 2.26. The molecule has 0 aromatic rings. The monoisotopic (exact) mass is 236 g/mol. The second kappa shape index (κ2) is 8.98. The number of unbranched alkanes of at least 4 members (excludes halogenated alkanes) is 2. The molecule has 0 N–H and O–H groups in total. The summed E-state index contributed by atoms with van der Waals surface area (Å²) in [6, 6.07) is 0. The van der Waals surface area contributed by atoms with Crippen LogP contribution in [0.2, 0.25) is 0 Å². The SMILES string of the molecule is CCCCCOC(CC)C(Cl)C(=O)OC. The Hall–Kier alpha value is -0.280. The Morgan fingerprint density at radius 3 is 2.47 bits per heavy atom. The third-order valence-electron chi connectivity index (χ3n) is 2.23. The molecule has 4 heteroatoms. The fourth-order valence-corrected chi connectivity index (χ4v) is 1.60. The molecule has 0 heterocycles. The van der Waals surface area contributed by atoms with E-state index in [1.54, 1.807) is 0 Å². The molecule has 2 unspecified atom stereocenters. The number of hydrogen-bond acceptors (Lipinski definition) is 3. The Labute approximate surface area is 97.1 Å². The largest absolute Gasteiger partial charge is 0.468 e. The summed E-state index contributed by atoms with van der Waals surface area (Å²) >= 11 is 5.91. The lowest BCUT2D eigenvalue weighted by molar-refractivity contribution is -0.143. The lowest BCUT2D eigenvalue weighted by atomic mass is 10.2. The van der Waals surface area contributed by atoms with E-state index < -0.39 is 11.3 Å². The Morgan fingerprint density at radius 1 is 1.33 bits per heavy atom. The zero-order valence-corrected chi connectivity index (χ0v) is 10.5. The third-order valence-corrected chi connectivity index (χ3v) is 2.69. The van der Waals surface area contributed by atoms with Crippen molar-refractivity contribution in [3.05, 3.63) is 0 Å². The number of carbonyl (C=O) groups is 1. The molecular formula is C11H21ClO3. The summed E-state index contributed by atoms with van der Waals surface area (Å²) in [7, 11) is 1.33. The van der Waals surface area contributed by atoms with Crippen LogP contribution in [0.1, 0.15) is 39.5 Å². The maximum absolute atomic E-state index is 11.2. The molecule has 0 radical (unpaired) electrons. The summed E-state index contributed by atoms with van der Waals surface area (Å²) in [5, 5.41) is -0.693. The summed E-state index contributed by atoms with van der Waals surface area (Å²) in [5.74, 6) is -0.418. The van der Waals surface area contributed by atoms with Crippen LogP contribution in [0.4, 0.5) is 0 Å². The van der Waals surface area contributed by atoms with Crippen LogP contribution in [0, 0.1) is 0 Å². The predicted octanol–water partition coefficient (Wildman–Crippen LogP) is 2.75. The molecular weight excluding hydrogens is 216 g/mol. The van der Waals surface area contributed by atoms with Gasteiger partial charge in [-0.3, -0.25) is 4.79 Å². The molecule has 15 heavy (non-hydrogen) atoms. The van der Waals surface area contributed by atoms with Crippen LogP contribution in [0.3, 0.4) is 0 Å². The van der Waals surface area contributed by atoms with Crippen LogP contribution >= 0.6 is 11.6 Å². The van der Waals surface area contributed by atoms with E-state index in [0.29, 0.717) is 6.61 Å². The summed E-state index contributed by atoms with van der Waals surface area (Å²) in [4.78, 5) is 11.2. The molecule has 2 atom stereocenters. The van der Waals surface area contributed by atoms with Gasteiger partial charge in [0.25, 0.3) is 0 Å². The van der Waals surface area contributed by atoms with Crippen LogP contribution in [-0.2, 0) is 14.3 Å². The fraction of sp³-hybridized carbons (Fsp3) is 0.909. The normalized spacial score (nSPS) is 14.7. The zero-order valence-electron chi connectivity index (χ0n) is 9.79. The van der Waals surface area contributed by atoms with Crippen LogP contribution in [0.5, 0.6) is 0 Å². The van der Waals surface area contributed by atoms with E-state index in [0.717, 1.165) is 25.7 Å². The lowest BCUT2D eigenvalue weighted by Crippen LogP contribution is -2.32. The van der Waals surface area contributed by atoms with E-state index >= 15 is 0 Å². The second-order valence-electron chi connectivity index (χ2n) is 3.45. The van der Waals surface area contributed by atoms with Gasteiger partial charge in [-0.2, -0.15) is 0 Å². The minimum atomic E-state index is -0.693. The number of ether oxygens (including phenoxy) is 2. The van der Waals surface area contributed by atoms with E-state index in [-0.39, 0.29) is 6.10 Å². The fourth-order valence-electron chi connectivity index (χ4n) is 1.26. The van der Waals surface area contributed by atoms with Crippen molar-refractivity contribution in [3.8, 4) is 0 Å². The summed E-state index contributed by atoms with van der Waals surface area (Å²) in [6.45, 7) is 4.74. The molecule has 0 aliphatic heterocycles. The molecule has 0 saturated heterocycles. The minimum absolute atomic E-state index is 0.240. The Morgan fingerprint density at radius 2 is 2.00 bits per heavy atom. The van der Waals surface area contributed by atoms with Crippen molar-refractivity contribution in [3.63, 3.8) is 0 Å². The van der Waals surface area contributed by atoms with Gasteiger partial charge in [0.05, 0.1) is 13.2 Å². The molecule has 0 saturated carbocycles. The number of alkyl halides is 1. The van der Waals surface area contributed by atoms with Crippen LogP contribution < -0.4 is 0 Å². The number of methoxy groups -OCH3 is 1. The van der Waals surface area contributed by atoms with Gasteiger partial charge >= 0.3 is 5.97 Å². The second-order valence-corrected chi connectivity index (χ2v) is 3.92. The van der Waals surface area contributed by atoms with Crippen molar-refractivity contribution in [2.45, 2.75) is 51.0 Å². The number of carbonyl (C=O) groups excluding carboxylic acids is 1. The molecule has 0 amide bonds. The van der Waals surface area contributed by atoms with E-state index in [1.165, 1.54) is 7.11 Å². The first kappa shape index (κ1) is 14.7. The summed E-state index contributed by atoms with van der Waals surface area (Å²) < 4.78 is 10.1. The molecule has 0 spiro atoms. The van der Waals surface area contributed by atoms with Gasteiger partial charge in [0.1, 0.15) is 0 Å². The first-order valence-electron chi connectivity index (χ1n) is 5.50. The maximum atomic E-state index is 11.2. The lowest BCUT2D eigenvalue weighted by Gasteiger charge is -2.19. The Bertz CT molecular complexity index is 173. The highest BCUT2D eigenvalue weighted by atomic mass is 35.5. The smallest absolute Gasteiger partial charge is 0.326 e. The van der Waals surface area contributed by atoms with Gasteiger partial charge in [0, 0.05) is 6.61 Å². The molecule has 3 nitrogen and oxygen atoms in total. The number of halogens is 1. The molecule has 0 aromatic carbocycles. The van der Waals surface area contributed by atoms with E-state index in [9.17, 15) is 4.79 Å². The van der Waals surface area contributed by atoms with Gasteiger partial charge in [-0.25, -0.2) is 0 Å². The summed E-state index contributed by atoms with van der Waals surface area (Å²) in [6.07, 6.45) is 3.78. The van der Waals surface area contributed by atoms with Crippen molar-refractivity contribution < 1.29 is 14.3 Å². The van der Waals surface area contributed by atoms with Gasteiger partial charge < -0.3 is 9.47 Å². The molecule has 0 aliphatic carbocycles. The topological polar surface area (TPSA) is 35.5 Å². The quantitative estimate of drug-likeness (QED) is 0.369. The van der Waals surface area contributed by atoms with Gasteiger partial charge in [-0.15, -0.1) is 11.6 Å². The Kier molecular flexibility index (Phi) is 8.82. The molecule has 0 aromatic heterocycles. The van der Waals surface area contributed by atoms with Gasteiger partial charge in [-0.1, -0.05) is 26.7 Å². The van der Waals surface area contributed by atoms with Crippen molar-refractivity contribution in [2.75, 3.05) is 13.7 Å². The van der Waals surface area contributed by atoms with Gasteiger partial charge in [0.2, 0.25) is 0 Å². The van der Waals surface area contributed by atoms with Crippen LogP contribution in [0.15, 0.2) is 0 Å². The van der Waals surface area contributed by atoms with Gasteiger partial charge in [-0.05, 0) is 12.8 Å². The summed E-state index contributed by atoms with van der Waals surface area (Å²) in [5.41, 5.74) is 0. The number of hydrogen-bond donors (Lipinski definition) is 0. The van der Waals surface area contributed by atoms with Crippen molar-refractivity contribution in [1.82, 2.24) is 0 Å². The molecule has 90 valence electrons. The van der Waals surface area contributed by atoms with Crippen LogP contribution in [-0.4, -0.2) is 31.2 Å². The first-order chi connectivity index (χ1) is 7.17. The molecule has 0 bridgehead atoms. The zero-order chi connectivity index (χ0) is 11.7. The molecule has 0 aliphatic rings. The van der Waals surface area contributed by atoms with Crippen molar-refractivity contribution in [2.24, 2.45) is 0 Å². The molecule has 0 rings (SSSR count). The standard InChI is InChI=1S/C11H21ClO3/c1-4-6-7-8-15-9(5-2)10(12)11(13)14-3/h9-10H,4-8H2,1-3H3. The van der Waals surface area contributed by atoms with Crippen molar-refractivity contribution >= 4 is 17.6 Å². The first-order valence-corrected chi connectivity index (χ1v) is 5.94. The Balaban J connectivity index is 3.85. The average Bonchev–Trinajstić information content (AvgIpc) is 2.27. The number of esters is 1. The number of rotatable bonds is 8. The third kappa shape index (κ3) is 6.00. The molecule has 0 fully saturated rings. The average molecular weight is 237 g/mol. The van der Waals surface area contributed by atoms with E-state index in [4.69, 9.17) is 16.3 Å². The van der Waals surface area contributed by atoms with Crippen LogP contribution in [0.25, 0.3) is 0 Å². The van der Waals surface area contributed by atoms with Crippen molar-refractivity contribution in [1.29, 1.82) is 0 Å². The predicted molar refractivity (Wildman–Crippen MR) is 61.2 cm³/mol. The highest BCUT2D eigenvalue weighted by molar-refractivity contribution is 6.30. The maximum Gasteiger partial charge on any atom is 0.326 e. The minimum Gasteiger partial charge on any atom is -0.468 e. The van der Waals surface area contributed by atoms with E-state index in [1.807, 2.05) is 6.92 Å². The van der Waals surface area contributed by atoms with E-state index in [2.05, 4.69) is 11.7 Å². The van der Waals surface area contributed by atoms with Gasteiger partial charge in [0.15, 0.2) is 5.38 Å².